The highest BCUT2D eigenvalue weighted by Crippen LogP contribution is 2.45. The van der Waals surface area contributed by atoms with E-state index in [9.17, 15) is 8.42 Å². The second-order valence-corrected chi connectivity index (χ2v) is 7.15. The number of nitrogens with zero attached hydrogens (tertiary/aromatic N) is 1. The predicted molar refractivity (Wildman–Crippen MR) is 72.2 cm³/mol. The van der Waals surface area contributed by atoms with Crippen molar-refractivity contribution in [3.8, 4) is 0 Å². The van der Waals surface area contributed by atoms with Gasteiger partial charge in [0.25, 0.3) is 10.2 Å². The molecule has 0 aliphatic heterocycles. The largest absolute Gasteiger partial charge is 0.279 e. The Kier molecular flexibility index (Phi) is 3.75. The Morgan fingerprint density at radius 2 is 1.89 bits per heavy atom. The van der Waals surface area contributed by atoms with Crippen molar-refractivity contribution in [1.82, 2.24) is 9.03 Å². The van der Waals surface area contributed by atoms with Crippen LogP contribution >= 0.6 is 0 Å². The van der Waals surface area contributed by atoms with E-state index >= 15 is 0 Å². The molecule has 1 aliphatic carbocycles. The number of benzene rings is 1. The molecule has 0 saturated heterocycles. The molecule has 0 aromatic heterocycles. The van der Waals surface area contributed by atoms with Gasteiger partial charge in [0.1, 0.15) is 0 Å². The Morgan fingerprint density at radius 3 is 2.39 bits per heavy atom. The molecule has 1 fully saturated rings. The highest BCUT2D eigenvalue weighted by atomic mass is 32.2. The summed E-state index contributed by atoms with van der Waals surface area (Å²) in [5.74, 6) is 0. The third kappa shape index (κ3) is 3.31. The van der Waals surface area contributed by atoms with Crippen LogP contribution in [0.4, 0.5) is 0 Å². The monoisotopic (exact) mass is 268 g/mol. The van der Waals surface area contributed by atoms with E-state index in [2.05, 4.69) is 11.6 Å². The average Bonchev–Trinajstić information content (AvgIpc) is 3.08. The third-order valence-corrected chi connectivity index (χ3v) is 4.92. The summed E-state index contributed by atoms with van der Waals surface area (Å²) in [5, 5.41) is 0. The van der Waals surface area contributed by atoms with Crippen LogP contribution < -0.4 is 4.72 Å². The molecule has 0 amide bonds. The van der Waals surface area contributed by atoms with E-state index in [0.29, 0.717) is 13.1 Å². The van der Waals surface area contributed by atoms with Gasteiger partial charge in [0, 0.05) is 20.1 Å². The molecule has 100 valence electrons. The Labute approximate surface area is 109 Å². The van der Waals surface area contributed by atoms with Gasteiger partial charge in [-0.05, 0) is 23.8 Å². The Balaban J connectivity index is 2.15. The van der Waals surface area contributed by atoms with Crippen LogP contribution in [-0.2, 0) is 16.8 Å². The Morgan fingerprint density at radius 1 is 1.28 bits per heavy atom. The van der Waals surface area contributed by atoms with Crippen LogP contribution in [0.5, 0.6) is 0 Å². The number of hydrogen-bond acceptors (Lipinski definition) is 2. The van der Waals surface area contributed by atoms with Crippen molar-refractivity contribution in [3.63, 3.8) is 0 Å². The van der Waals surface area contributed by atoms with Crippen molar-refractivity contribution >= 4 is 10.2 Å². The Hall–Kier alpha value is -0.910. The van der Waals surface area contributed by atoms with Gasteiger partial charge in [-0.25, -0.2) is 4.72 Å². The van der Waals surface area contributed by atoms with Gasteiger partial charge in [0.15, 0.2) is 0 Å². The van der Waals surface area contributed by atoms with E-state index in [-0.39, 0.29) is 5.41 Å². The molecular weight excluding hydrogens is 248 g/mol. The molecule has 0 unspecified atom stereocenters. The molecule has 4 nitrogen and oxygen atoms in total. The Bertz CT molecular complexity index is 495. The molecule has 1 N–H and O–H groups in total. The molecule has 1 aromatic rings. The van der Waals surface area contributed by atoms with Crippen LogP contribution in [0.2, 0.25) is 0 Å². The van der Waals surface area contributed by atoms with Crippen molar-refractivity contribution < 1.29 is 8.42 Å². The van der Waals surface area contributed by atoms with Crippen LogP contribution in [0.1, 0.15) is 25.3 Å². The van der Waals surface area contributed by atoms with E-state index in [4.69, 9.17) is 0 Å². The maximum Gasteiger partial charge on any atom is 0.279 e. The molecule has 18 heavy (non-hydrogen) atoms. The first-order valence-corrected chi connectivity index (χ1v) is 7.62. The van der Waals surface area contributed by atoms with Crippen molar-refractivity contribution in [2.24, 2.45) is 5.41 Å². The summed E-state index contributed by atoms with van der Waals surface area (Å²) in [6.45, 7) is 3.15. The first-order chi connectivity index (χ1) is 8.45. The average molecular weight is 268 g/mol. The summed E-state index contributed by atoms with van der Waals surface area (Å²) in [4.78, 5) is 0. The summed E-state index contributed by atoms with van der Waals surface area (Å²) in [5.41, 5.74) is 1.18. The number of hydrogen-bond donors (Lipinski definition) is 1. The molecule has 0 heterocycles. The normalized spacial score (nSPS) is 17.9. The second kappa shape index (κ2) is 4.99. The zero-order valence-corrected chi connectivity index (χ0v) is 11.7. The van der Waals surface area contributed by atoms with Crippen LogP contribution in [0.25, 0.3) is 0 Å². The van der Waals surface area contributed by atoms with E-state index in [0.717, 1.165) is 18.4 Å². The SMILES string of the molecule is CNS(=O)(=O)N(Cc1ccccc1)CC1(C)CC1. The third-order valence-electron chi connectivity index (χ3n) is 3.46. The van der Waals surface area contributed by atoms with Gasteiger partial charge in [-0.1, -0.05) is 37.3 Å². The van der Waals surface area contributed by atoms with Gasteiger partial charge in [-0.15, -0.1) is 0 Å². The van der Waals surface area contributed by atoms with Crippen molar-refractivity contribution in [1.29, 1.82) is 0 Å². The lowest BCUT2D eigenvalue weighted by molar-refractivity contribution is 0.334. The van der Waals surface area contributed by atoms with Gasteiger partial charge >= 0.3 is 0 Å². The van der Waals surface area contributed by atoms with Crippen LogP contribution in [-0.4, -0.2) is 26.3 Å². The quantitative estimate of drug-likeness (QED) is 0.854. The smallest absolute Gasteiger partial charge is 0.205 e. The van der Waals surface area contributed by atoms with Crippen molar-refractivity contribution in [3.05, 3.63) is 35.9 Å². The summed E-state index contributed by atoms with van der Waals surface area (Å²) >= 11 is 0. The van der Waals surface area contributed by atoms with E-state index in [1.54, 1.807) is 0 Å². The van der Waals surface area contributed by atoms with E-state index in [1.807, 2.05) is 30.3 Å². The minimum Gasteiger partial charge on any atom is -0.205 e. The fourth-order valence-corrected chi connectivity index (χ4v) is 3.00. The van der Waals surface area contributed by atoms with E-state index in [1.165, 1.54) is 11.4 Å². The molecular formula is C13H20N2O2S. The zero-order valence-electron chi connectivity index (χ0n) is 10.9. The minimum absolute atomic E-state index is 0.165. The van der Waals surface area contributed by atoms with E-state index < -0.39 is 10.2 Å². The lowest BCUT2D eigenvalue weighted by Crippen LogP contribution is -2.41. The van der Waals surface area contributed by atoms with Gasteiger partial charge in [-0.3, -0.25) is 0 Å². The fraction of sp³-hybridized carbons (Fsp3) is 0.538. The number of rotatable bonds is 6. The van der Waals surface area contributed by atoms with Gasteiger partial charge < -0.3 is 0 Å². The first kappa shape index (κ1) is 13.5. The molecule has 0 atom stereocenters. The minimum atomic E-state index is -3.37. The summed E-state index contributed by atoms with van der Waals surface area (Å²) in [6, 6.07) is 9.69. The molecule has 5 heteroatoms. The first-order valence-electron chi connectivity index (χ1n) is 6.18. The van der Waals surface area contributed by atoms with Crippen LogP contribution in [0.3, 0.4) is 0 Å². The maximum atomic E-state index is 12.0. The second-order valence-electron chi connectivity index (χ2n) is 5.27. The van der Waals surface area contributed by atoms with Gasteiger partial charge in [0.2, 0.25) is 0 Å². The zero-order chi connectivity index (χ0) is 13.2. The van der Waals surface area contributed by atoms with Crippen molar-refractivity contribution in [2.75, 3.05) is 13.6 Å². The molecule has 2 rings (SSSR count). The molecule has 0 radical (unpaired) electrons. The van der Waals surface area contributed by atoms with Crippen molar-refractivity contribution in [2.45, 2.75) is 26.3 Å². The maximum absolute atomic E-state index is 12.0. The predicted octanol–water partition coefficient (Wildman–Crippen LogP) is 1.75. The number of nitrogens with one attached hydrogen (secondary N) is 1. The lowest BCUT2D eigenvalue weighted by atomic mass is 10.1. The molecule has 0 bridgehead atoms. The van der Waals surface area contributed by atoms with Crippen LogP contribution in [0.15, 0.2) is 30.3 Å². The topological polar surface area (TPSA) is 49.4 Å². The standard InChI is InChI=1S/C13H20N2O2S/c1-13(8-9-13)11-15(18(16,17)14-2)10-12-6-4-3-5-7-12/h3-7,14H,8-11H2,1-2H3. The molecule has 1 aliphatic rings. The molecule has 1 saturated carbocycles. The highest BCUT2D eigenvalue weighted by Gasteiger charge is 2.41. The van der Waals surface area contributed by atoms with Gasteiger partial charge in [-0.2, -0.15) is 12.7 Å². The fourth-order valence-electron chi connectivity index (χ4n) is 1.94. The molecule has 0 spiro atoms. The summed E-state index contributed by atoms with van der Waals surface area (Å²) in [7, 11) is -1.91. The lowest BCUT2D eigenvalue weighted by Gasteiger charge is -2.24. The van der Waals surface area contributed by atoms with Gasteiger partial charge in [0.05, 0.1) is 0 Å². The highest BCUT2D eigenvalue weighted by molar-refractivity contribution is 7.87. The molecule has 1 aromatic carbocycles. The summed E-state index contributed by atoms with van der Waals surface area (Å²) in [6.07, 6.45) is 2.22. The summed E-state index contributed by atoms with van der Waals surface area (Å²) < 4.78 is 28.0. The van der Waals surface area contributed by atoms with Crippen LogP contribution in [0, 0.1) is 5.41 Å².